The predicted molar refractivity (Wildman–Crippen MR) is 92.4 cm³/mol. The van der Waals surface area contributed by atoms with Crippen LogP contribution in [0.25, 0.3) is 0 Å². The number of nitrogens with one attached hydrogen (secondary N) is 1. The van der Waals surface area contributed by atoms with Gasteiger partial charge in [0.1, 0.15) is 6.54 Å². The minimum absolute atomic E-state index is 0.0437. The number of aryl methyl sites for hydroxylation is 1. The van der Waals surface area contributed by atoms with Crippen LogP contribution in [0.5, 0.6) is 0 Å². The summed E-state index contributed by atoms with van der Waals surface area (Å²) in [6, 6.07) is 6.85. The lowest BCUT2D eigenvalue weighted by molar-refractivity contribution is -0.116. The predicted octanol–water partition coefficient (Wildman–Crippen LogP) is 2.75. The Morgan fingerprint density at radius 1 is 1.35 bits per heavy atom. The van der Waals surface area contributed by atoms with E-state index in [1.807, 2.05) is 6.26 Å². The first-order valence-electron chi connectivity index (χ1n) is 7.30. The third kappa shape index (κ3) is 3.43. The molecule has 1 heterocycles. The molecule has 1 N–H and O–H groups in total. The van der Waals surface area contributed by atoms with Crippen LogP contribution in [-0.4, -0.2) is 21.7 Å². The SMILES string of the molecule is CSc1nc2c(c(=O)n1CC(=O)Nc1ccc(Cl)cc1)CCC2. The minimum Gasteiger partial charge on any atom is -0.325 e. The molecule has 0 bridgehead atoms. The van der Waals surface area contributed by atoms with Gasteiger partial charge in [0.25, 0.3) is 5.56 Å². The van der Waals surface area contributed by atoms with Gasteiger partial charge in [0, 0.05) is 16.3 Å². The molecule has 0 saturated carbocycles. The van der Waals surface area contributed by atoms with Crippen LogP contribution in [0.3, 0.4) is 0 Å². The Morgan fingerprint density at radius 2 is 2.09 bits per heavy atom. The molecule has 1 aromatic heterocycles. The van der Waals surface area contributed by atoms with Crippen molar-refractivity contribution in [2.45, 2.75) is 31.0 Å². The van der Waals surface area contributed by atoms with Gasteiger partial charge in [-0.1, -0.05) is 23.4 Å². The highest BCUT2D eigenvalue weighted by Gasteiger charge is 2.21. The molecule has 0 saturated heterocycles. The standard InChI is InChI=1S/C16H16ClN3O2S/c1-23-16-19-13-4-2-3-12(13)15(22)20(16)9-14(21)18-11-7-5-10(17)6-8-11/h5-8H,2-4,9H2,1H3,(H,18,21). The van der Waals surface area contributed by atoms with E-state index in [9.17, 15) is 9.59 Å². The second-order valence-electron chi connectivity index (χ2n) is 5.32. The third-order valence-electron chi connectivity index (χ3n) is 3.77. The van der Waals surface area contributed by atoms with E-state index in [2.05, 4.69) is 10.3 Å². The van der Waals surface area contributed by atoms with E-state index >= 15 is 0 Å². The molecule has 3 rings (SSSR count). The number of amides is 1. The van der Waals surface area contributed by atoms with Crippen LogP contribution >= 0.6 is 23.4 Å². The Morgan fingerprint density at radius 3 is 2.78 bits per heavy atom. The maximum Gasteiger partial charge on any atom is 0.258 e. The lowest BCUT2D eigenvalue weighted by Gasteiger charge is -2.12. The molecule has 0 spiro atoms. The van der Waals surface area contributed by atoms with Gasteiger partial charge in [0.15, 0.2) is 5.16 Å². The molecule has 1 aliphatic carbocycles. The van der Waals surface area contributed by atoms with Crippen molar-refractivity contribution in [3.05, 3.63) is 50.9 Å². The zero-order valence-electron chi connectivity index (χ0n) is 12.6. The van der Waals surface area contributed by atoms with Crippen LogP contribution in [0.15, 0.2) is 34.2 Å². The number of hydrogen-bond donors (Lipinski definition) is 1. The van der Waals surface area contributed by atoms with Crippen LogP contribution in [0.4, 0.5) is 5.69 Å². The van der Waals surface area contributed by atoms with Gasteiger partial charge >= 0.3 is 0 Å². The smallest absolute Gasteiger partial charge is 0.258 e. The zero-order valence-corrected chi connectivity index (χ0v) is 14.2. The average Bonchev–Trinajstić information content (AvgIpc) is 3.01. The van der Waals surface area contributed by atoms with Gasteiger partial charge in [-0.3, -0.25) is 14.2 Å². The quantitative estimate of drug-likeness (QED) is 0.681. The molecule has 1 amide bonds. The van der Waals surface area contributed by atoms with Gasteiger partial charge in [-0.25, -0.2) is 4.98 Å². The van der Waals surface area contributed by atoms with Gasteiger partial charge in [0.2, 0.25) is 5.91 Å². The second kappa shape index (κ2) is 6.76. The number of benzene rings is 1. The molecular formula is C16H16ClN3O2S. The van der Waals surface area contributed by atoms with E-state index in [-0.39, 0.29) is 18.0 Å². The van der Waals surface area contributed by atoms with Crippen molar-refractivity contribution in [3.63, 3.8) is 0 Å². The molecule has 23 heavy (non-hydrogen) atoms. The Balaban J connectivity index is 1.83. The van der Waals surface area contributed by atoms with E-state index in [1.54, 1.807) is 24.3 Å². The summed E-state index contributed by atoms with van der Waals surface area (Å²) in [7, 11) is 0. The van der Waals surface area contributed by atoms with Crippen LogP contribution in [-0.2, 0) is 24.2 Å². The van der Waals surface area contributed by atoms with Gasteiger partial charge in [0.05, 0.1) is 5.69 Å². The van der Waals surface area contributed by atoms with Crippen LogP contribution < -0.4 is 10.9 Å². The number of carbonyl (C=O) groups excluding carboxylic acids is 1. The Hall–Kier alpha value is -1.79. The normalized spacial score (nSPS) is 13.0. The number of carbonyl (C=O) groups is 1. The summed E-state index contributed by atoms with van der Waals surface area (Å²) < 4.78 is 1.46. The molecule has 0 fully saturated rings. The second-order valence-corrected chi connectivity index (χ2v) is 6.53. The highest BCUT2D eigenvalue weighted by atomic mass is 35.5. The molecule has 0 aliphatic heterocycles. The monoisotopic (exact) mass is 349 g/mol. The topological polar surface area (TPSA) is 64.0 Å². The van der Waals surface area contributed by atoms with E-state index in [4.69, 9.17) is 11.6 Å². The number of anilines is 1. The summed E-state index contributed by atoms with van der Waals surface area (Å²) in [5.74, 6) is -0.260. The Bertz CT molecular complexity index is 802. The van der Waals surface area contributed by atoms with Gasteiger partial charge in [-0.2, -0.15) is 0 Å². The summed E-state index contributed by atoms with van der Waals surface area (Å²) in [6.07, 6.45) is 4.40. The lowest BCUT2D eigenvalue weighted by atomic mass is 10.2. The lowest BCUT2D eigenvalue weighted by Crippen LogP contribution is -2.31. The Kier molecular flexibility index (Phi) is 4.73. The maximum absolute atomic E-state index is 12.6. The van der Waals surface area contributed by atoms with Crippen molar-refractivity contribution in [3.8, 4) is 0 Å². The molecule has 5 nitrogen and oxygen atoms in total. The number of halogens is 1. The van der Waals surface area contributed by atoms with E-state index < -0.39 is 0 Å². The fourth-order valence-corrected chi connectivity index (χ4v) is 3.38. The number of thioether (sulfide) groups is 1. The van der Waals surface area contributed by atoms with Crippen molar-refractivity contribution in [2.24, 2.45) is 0 Å². The molecular weight excluding hydrogens is 334 g/mol. The van der Waals surface area contributed by atoms with Crippen molar-refractivity contribution >= 4 is 35.0 Å². The molecule has 1 aliphatic rings. The maximum atomic E-state index is 12.6. The Labute approximate surface area is 143 Å². The summed E-state index contributed by atoms with van der Waals surface area (Å²) in [5, 5.41) is 3.96. The minimum atomic E-state index is -0.260. The van der Waals surface area contributed by atoms with E-state index in [0.717, 1.165) is 30.5 Å². The number of nitrogens with zero attached hydrogens (tertiary/aromatic N) is 2. The molecule has 0 atom stereocenters. The first-order valence-corrected chi connectivity index (χ1v) is 8.90. The van der Waals surface area contributed by atoms with E-state index in [0.29, 0.717) is 15.9 Å². The van der Waals surface area contributed by atoms with Gasteiger partial charge in [-0.15, -0.1) is 0 Å². The van der Waals surface area contributed by atoms with Gasteiger partial charge in [-0.05, 0) is 49.8 Å². The number of aromatic nitrogens is 2. The zero-order chi connectivity index (χ0) is 16.4. The largest absolute Gasteiger partial charge is 0.325 e. The first-order chi connectivity index (χ1) is 11.1. The fraction of sp³-hybridized carbons (Fsp3) is 0.312. The van der Waals surface area contributed by atoms with Crippen molar-refractivity contribution in [1.82, 2.24) is 9.55 Å². The molecule has 0 unspecified atom stereocenters. The summed E-state index contributed by atoms with van der Waals surface area (Å²) in [5.41, 5.74) is 2.19. The molecule has 1 aromatic carbocycles. The number of rotatable bonds is 4. The van der Waals surface area contributed by atoms with Crippen molar-refractivity contribution < 1.29 is 4.79 Å². The van der Waals surface area contributed by atoms with Crippen LogP contribution in [0, 0.1) is 0 Å². The van der Waals surface area contributed by atoms with Crippen molar-refractivity contribution in [2.75, 3.05) is 11.6 Å². The van der Waals surface area contributed by atoms with Gasteiger partial charge < -0.3 is 5.32 Å². The first kappa shape index (κ1) is 16.1. The molecule has 7 heteroatoms. The summed E-state index contributed by atoms with van der Waals surface area (Å²) in [6.45, 7) is -0.0437. The highest BCUT2D eigenvalue weighted by molar-refractivity contribution is 7.98. The molecule has 120 valence electrons. The summed E-state index contributed by atoms with van der Waals surface area (Å²) in [4.78, 5) is 29.4. The van der Waals surface area contributed by atoms with Crippen molar-refractivity contribution in [1.29, 1.82) is 0 Å². The number of fused-ring (bicyclic) bond motifs is 1. The molecule has 0 radical (unpaired) electrons. The average molecular weight is 350 g/mol. The third-order valence-corrected chi connectivity index (χ3v) is 4.69. The molecule has 2 aromatic rings. The fourth-order valence-electron chi connectivity index (χ4n) is 2.68. The summed E-state index contributed by atoms with van der Waals surface area (Å²) >= 11 is 7.20. The highest BCUT2D eigenvalue weighted by Crippen LogP contribution is 2.20. The van der Waals surface area contributed by atoms with E-state index in [1.165, 1.54) is 16.3 Å². The number of hydrogen-bond acceptors (Lipinski definition) is 4. The van der Waals surface area contributed by atoms with Crippen LogP contribution in [0.1, 0.15) is 17.7 Å². The van der Waals surface area contributed by atoms with Crippen LogP contribution in [0.2, 0.25) is 5.02 Å².